The topological polar surface area (TPSA) is 50.4 Å². The van der Waals surface area contributed by atoms with Gasteiger partial charge < -0.3 is 15.4 Å². The highest BCUT2D eigenvalue weighted by molar-refractivity contribution is 5.93. The molecule has 2 aromatic carbocycles. The number of hydrogen-bond acceptors (Lipinski definition) is 3. The van der Waals surface area contributed by atoms with Crippen molar-refractivity contribution in [1.82, 2.24) is 5.32 Å². The number of rotatable bonds is 4. The Morgan fingerprint density at radius 3 is 2.88 bits per heavy atom. The molecule has 2 aromatic rings. The molecule has 0 aromatic heterocycles. The van der Waals surface area contributed by atoms with Crippen LogP contribution in [0.2, 0.25) is 0 Å². The molecule has 1 heterocycles. The summed E-state index contributed by atoms with van der Waals surface area (Å²) in [6.45, 7) is 1.42. The van der Waals surface area contributed by atoms with Crippen LogP contribution in [0.1, 0.15) is 16.7 Å². The summed E-state index contributed by atoms with van der Waals surface area (Å²) in [5, 5.41) is 5.88. The van der Waals surface area contributed by atoms with E-state index in [1.807, 2.05) is 24.3 Å². The van der Waals surface area contributed by atoms with Crippen molar-refractivity contribution in [2.75, 3.05) is 19.0 Å². The molecule has 0 atom stereocenters. The van der Waals surface area contributed by atoms with Crippen molar-refractivity contribution in [1.29, 1.82) is 0 Å². The van der Waals surface area contributed by atoms with E-state index in [9.17, 15) is 9.18 Å². The third-order valence-corrected chi connectivity index (χ3v) is 4.03. The molecule has 0 radical (unpaired) electrons. The zero-order chi connectivity index (χ0) is 16.2. The van der Waals surface area contributed by atoms with Crippen molar-refractivity contribution >= 4 is 24.0 Å². The first-order valence-corrected chi connectivity index (χ1v) is 7.61. The van der Waals surface area contributed by atoms with Crippen LogP contribution in [-0.4, -0.2) is 19.6 Å². The molecule has 1 amide bonds. The van der Waals surface area contributed by atoms with Gasteiger partial charge >= 0.3 is 0 Å². The zero-order valence-electron chi connectivity index (χ0n) is 13.4. The lowest BCUT2D eigenvalue weighted by Crippen LogP contribution is -2.25. The van der Waals surface area contributed by atoms with Gasteiger partial charge in [-0.05, 0) is 36.2 Å². The molecule has 128 valence electrons. The molecular weight excluding hydrogens is 331 g/mol. The largest absolute Gasteiger partial charge is 0.496 e. The molecular formula is C18H20ClFN2O2. The second-order valence-electron chi connectivity index (χ2n) is 5.53. The van der Waals surface area contributed by atoms with Crippen LogP contribution >= 0.6 is 12.4 Å². The van der Waals surface area contributed by atoms with E-state index in [1.165, 1.54) is 0 Å². The van der Waals surface area contributed by atoms with E-state index >= 15 is 0 Å². The van der Waals surface area contributed by atoms with Crippen molar-refractivity contribution in [3.05, 3.63) is 58.9 Å². The number of anilines is 1. The molecule has 0 spiro atoms. The summed E-state index contributed by atoms with van der Waals surface area (Å²) in [5.41, 5.74) is 2.66. The maximum Gasteiger partial charge on any atom is 0.229 e. The second kappa shape index (κ2) is 8.13. The molecule has 0 bridgehead atoms. The Balaban J connectivity index is 0.00000208. The van der Waals surface area contributed by atoms with E-state index in [0.717, 1.165) is 17.7 Å². The van der Waals surface area contributed by atoms with Crippen LogP contribution in [0.3, 0.4) is 0 Å². The van der Waals surface area contributed by atoms with E-state index in [-0.39, 0.29) is 36.2 Å². The number of benzene rings is 2. The minimum Gasteiger partial charge on any atom is -0.496 e. The molecule has 1 aliphatic rings. The summed E-state index contributed by atoms with van der Waals surface area (Å²) in [4.78, 5) is 12.2. The number of nitrogens with one attached hydrogen (secondary N) is 2. The van der Waals surface area contributed by atoms with Crippen LogP contribution in [0, 0.1) is 5.82 Å². The zero-order valence-corrected chi connectivity index (χ0v) is 14.2. The number of para-hydroxylation sites is 1. The van der Waals surface area contributed by atoms with Gasteiger partial charge in [-0.15, -0.1) is 12.4 Å². The van der Waals surface area contributed by atoms with E-state index in [4.69, 9.17) is 4.74 Å². The standard InChI is InChI=1S/C18H19FN2O2.ClH/c1-23-16-5-3-2-4-12(16)10-17(22)21-15-7-6-13-11-20-9-8-14(13)18(15)19;/h2-7,20H,8-11H2,1H3,(H,21,22);1H. The van der Waals surface area contributed by atoms with Gasteiger partial charge in [0.05, 0.1) is 19.2 Å². The minimum absolute atomic E-state index is 0. The number of amides is 1. The lowest BCUT2D eigenvalue weighted by Gasteiger charge is -2.19. The van der Waals surface area contributed by atoms with Crippen molar-refractivity contribution in [2.45, 2.75) is 19.4 Å². The predicted molar refractivity (Wildman–Crippen MR) is 94.4 cm³/mol. The Bertz CT molecular complexity index is 737. The summed E-state index contributed by atoms with van der Waals surface area (Å²) in [6, 6.07) is 10.8. The fourth-order valence-corrected chi connectivity index (χ4v) is 2.85. The maximum absolute atomic E-state index is 14.5. The third kappa shape index (κ3) is 3.86. The average Bonchev–Trinajstić information content (AvgIpc) is 2.58. The third-order valence-electron chi connectivity index (χ3n) is 4.03. The van der Waals surface area contributed by atoms with E-state index < -0.39 is 0 Å². The Morgan fingerprint density at radius 1 is 1.29 bits per heavy atom. The van der Waals surface area contributed by atoms with Gasteiger partial charge in [-0.3, -0.25) is 4.79 Å². The average molecular weight is 351 g/mol. The Kier molecular flexibility index (Phi) is 6.17. The highest BCUT2D eigenvalue weighted by Gasteiger charge is 2.18. The van der Waals surface area contributed by atoms with Gasteiger partial charge in [0, 0.05) is 12.1 Å². The van der Waals surface area contributed by atoms with Crippen LogP contribution in [0.25, 0.3) is 0 Å². The first-order valence-electron chi connectivity index (χ1n) is 7.61. The summed E-state index contributed by atoms with van der Waals surface area (Å²) >= 11 is 0. The fraction of sp³-hybridized carbons (Fsp3) is 0.278. The Labute approximate surface area is 146 Å². The number of carbonyl (C=O) groups is 1. The molecule has 6 heteroatoms. The molecule has 2 N–H and O–H groups in total. The van der Waals surface area contributed by atoms with Gasteiger partial charge in [0.25, 0.3) is 0 Å². The SMILES string of the molecule is COc1ccccc1CC(=O)Nc1ccc2c(c1F)CCNC2.Cl. The van der Waals surface area contributed by atoms with Gasteiger partial charge in [0.2, 0.25) is 5.91 Å². The number of ether oxygens (including phenoxy) is 1. The van der Waals surface area contributed by atoms with Gasteiger partial charge in [-0.2, -0.15) is 0 Å². The van der Waals surface area contributed by atoms with E-state index in [1.54, 1.807) is 19.2 Å². The molecule has 0 fully saturated rings. The molecule has 24 heavy (non-hydrogen) atoms. The monoisotopic (exact) mass is 350 g/mol. The van der Waals surface area contributed by atoms with Crippen LogP contribution in [0.15, 0.2) is 36.4 Å². The molecule has 1 aliphatic heterocycles. The predicted octanol–water partition coefficient (Wildman–Crippen LogP) is 3.08. The molecule has 0 saturated heterocycles. The van der Waals surface area contributed by atoms with Crippen molar-refractivity contribution in [2.24, 2.45) is 0 Å². The minimum atomic E-state index is -0.322. The number of carbonyl (C=O) groups excluding carboxylic acids is 1. The molecule has 0 unspecified atom stereocenters. The second-order valence-corrected chi connectivity index (χ2v) is 5.53. The molecule has 4 nitrogen and oxygen atoms in total. The first kappa shape index (κ1) is 18.2. The van der Waals surface area contributed by atoms with Crippen molar-refractivity contribution in [3.63, 3.8) is 0 Å². The maximum atomic E-state index is 14.5. The molecule has 3 rings (SSSR count). The van der Waals surface area contributed by atoms with Crippen LogP contribution < -0.4 is 15.4 Å². The molecule has 0 aliphatic carbocycles. The highest BCUT2D eigenvalue weighted by Crippen LogP contribution is 2.25. The lowest BCUT2D eigenvalue weighted by molar-refractivity contribution is -0.115. The Hall–Kier alpha value is -2.11. The van der Waals surface area contributed by atoms with Gasteiger partial charge in [0.1, 0.15) is 11.6 Å². The quantitative estimate of drug-likeness (QED) is 0.891. The van der Waals surface area contributed by atoms with Crippen molar-refractivity contribution < 1.29 is 13.9 Å². The van der Waals surface area contributed by atoms with Crippen LogP contribution in [-0.2, 0) is 24.2 Å². The fourth-order valence-electron chi connectivity index (χ4n) is 2.85. The van der Waals surface area contributed by atoms with E-state index in [2.05, 4.69) is 10.6 Å². The summed E-state index contributed by atoms with van der Waals surface area (Å²) < 4.78 is 19.8. The lowest BCUT2D eigenvalue weighted by atomic mass is 9.99. The molecule has 0 saturated carbocycles. The summed E-state index contributed by atoms with van der Waals surface area (Å²) in [6.07, 6.45) is 0.777. The number of halogens is 2. The number of methoxy groups -OCH3 is 1. The summed E-state index contributed by atoms with van der Waals surface area (Å²) in [5.74, 6) is 0.0688. The van der Waals surface area contributed by atoms with Crippen molar-refractivity contribution in [3.8, 4) is 5.75 Å². The normalized spacial score (nSPS) is 12.8. The summed E-state index contributed by atoms with van der Waals surface area (Å²) in [7, 11) is 1.56. The first-order chi connectivity index (χ1) is 11.2. The van der Waals surface area contributed by atoms with Gasteiger partial charge in [-0.25, -0.2) is 4.39 Å². The van der Waals surface area contributed by atoms with Crippen LogP contribution in [0.5, 0.6) is 5.75 Å². The van der Waals surface area contributed by atoms with Gasteiger partial charge in [-0.1, -0.05) is 24.3 Å². The number of fused-ring (bicyclic) bond motifs is 1. The Morgan fingerprint density at radius 2 is 2.08 bits per heavy atom. The smallest absolute Gasteiger partial charge is 0.229 e. The number of hydrogen-bond donors (Lipinski definition) is 2. The van der Waals surface area contributed by atoms with Gasteiger partial charge in [0.15, 0.2) is 0 Å². The van der Waals surface area contributed by atoms with E-state index in [0.29, 0.717) is 24.3 Å². The highest BCUT2D eigenvalue weighted by atomic mass is 35.5. The van der Waals surface area contributed by atoms with Crippen LogP contribution in [0.4, 0.5) is 10.1 Å².